The van der Waals surface area contributed by atoms with Crippen molar-refractivity contribution in [1.82, 2.24) is 4.73 Å². The minimum Gasteiger partial charge on any atom is -0.428 e. The maximum absolute atomic E-state index is 11.2. The summed E-state index contributed by atoms with van der Waals surface area (Å²) in [5, 5.41) is 9.57. The van der Waals surface area contributed by atoms with Crippen LogP contribution < -0.4 is 0 Å². The normalized spacial score (nSPS) is 10.2. The second-order valence-electron chi connectivity index (χ2n) is 3.17. The molecule has 0 fully saturated rings. The van der Waals surface area contributed by atoms with E-state index >= 15 is 0 Å². The lowest BCUT2D eigenvalue weighted by Gasteiger charge is -2.00. The molecule has 0 saturated carbocycles. The molecule has 1 heterocycles. The Kier molecular flexibility index (Phi) is 2.74. The summed E-state index contributed by atoms with van der Waals surface area (Å²) < 4.78 is 0.797. The lowest BCUT2D eigenvalue weighted by molar-refractivity contribution is 0.0957. The van der Waals surface area contributed by atoms with E-state index in [0.29, 0.717) is 29.5 Å². The highest BCUT2D eigenvalue weighted by Crippen LogP contribution is 2.20. The average Bonchev–Trinajstić information content (AvgIpc) is 2.39. The molecule has 0 radical (unpaired) electrons. The van der Waals surface area contributed by atoms with Gasteiger partial charge in [-0.3, -0.25) is 9.59 Å². The summed E-state index contributed by atoms with van der Waals surface area (Å²) in [5.41, 5.74) is 1.67. The number of hydrogen-bond acceptors (Lipinski definition) is 3. The Labute approximate surface area is 82.1 Å². The smallest absolute Gasteiger partial charge is 0.179 e. The minimum absolute atomic E-state index is 0.215. The number of carbonyl (C=O) groups excluding carboxylic acids is 2. The molecule has 0 saturated heterocycles. The lowest BCUT2D eigenvalue weighted by Crippen LogP contribution is -2.06. The van der Waals surface area contributed by atoms with Gasteiger partial charge >= 0.3 is 0 Å². The van der Waals surface area contributed by atoms with Crippen molar-refractivity contribution in [2.75, 3.05) is 0 Å². The van der Waals surface area contributed by atoms with Gasteiger partial charge in [0.2, 0.25) is 0 Å². The van der Waals surface area contributed by atoms with Crippen molar-refractivity contribution >= 4 is 12.1 Å². The van der Waals surface area contributed by atoms with Gasteiger partial charge in [0, 0.05) is 12.5 Å². The molecule has 4 heteroatoms. The third-order valence-corrected chi connectivity index (χ3v) is 2.34. The first-order valence-corrected chi connectivity index (χ1v) is 4.44. The third kappa shape index (κ3) is 1.32. The first-order chi connectivity index (χ1) is 6.54. The largest absolute Gasteiger partial charge is 0.428 e. The molecule has 14 heavy (non-hydrogen) atoms. The van der Waals surface area contributed by atoms with Crippen LogP contribution in [0.5, 0.6) is 0 Å². The number of rotatable bonds is 3. The highest BCUT2D eigenvalue weighted by molar-refractivity contribution is 5.97. The highest BCUT2D eigenvalue weighted by Gasteiger charge is 2.21. The molecule has 1 aromatic rings. The molecule has 0 aliphatic carbocycles. The topological polar surface area (TPSA) is 59.3 Å². The fourth-order valence-corrected chi connectivity index (χ4v) is 1.63. The molecule has 0 aromatic carbocycles. The van der Waals surface area contributed by atoms with Gasteiger partial charge in [0.15, 0.2) is 12.1 Å². The van der Waals surface area contributed by atoms with Crippen molar-refractivity contribution in [2.45, 2.75) is 27.2 Å². The van der Waals surface area contributed by atoms with E-state index in [0.717, 1.165) is 4.73 Å². The van der Waals surface area contributed by atoms with E-state index in [2.05, 4.69) is 0 Å². The molecule has 0 atom stereocenters. The van der Waals surface area contributed by atoms with E-state index in [4.69, 9.17) is 0 Å². The van der Waals surface area contributed by atoms with Crippen LogP contribution in [-0.4, -0.2) is 22.0 Å². The van der Waals surface area contributed by atoms with Gasteiger partial charge < -0.3 is 5.21 Å². The summed E-state index contributed by atoms with van der Waals surface area (Å²) in [7, 11) is 0. The maximum Gasteiger partial charge on any atom is 0.179 e. The van der Waals surface area contributed by atoms with Gasteiger partial charge in [0.05, 0.1) is 5.69 Å². The lowest BCUT2D eigenvalue weighted by atomic mass is 10.1. The molecule has 0 unspecified atom stereocenters. The van der Waals surface area contributed by atoms with Crippen LogP contribution in [0.2, 0.25) is 0 Å². The summed E-state index contributed by atoms with van der Waals surface area (Å²) in [6.45, 7) is 4.82. The van der Waals surface area contributed by atoms with Crippen molar-refractivity contribution in [3.63, 3.8) is 0 Å². The Morgan fingerprint density at radius 2 is 2.14 bits per heavy atom. The van der Waals surface area contributed by atoms with Gasteiger partial charge in [-0.25, -0.2) is 0 Å². The summed E-state index contributed by atoms with van der Waals surface area (Å²) >= 11 is 0. The molecule has 4 nitrogen and oxygen atoms in total. The average molecular weight is 195 g/mol. The Hall–Kier alpha value is -1.58. The minimum atomic E-state index is -0.236. The molecule has 76 valence electrons. The van der Waals surface area contributed by atoms with Gasteiger partial charge in [0.25, 0.3) is 0 Å². The standard InChI is InChI=1S/C10H13NO3/c1-4-8-9(5-12)6(2)11(14)10(8)7(3)13/h5,14H,4H2,1-3H3. The fourth-order valence-electron chi connectivity index (χ4n) is 1.63. The molecule has 0 aliphatic heterocycles. The van der Waals surface area contributed by atoms with Crippen molar-refractivity contribution in [2.24, 2.45) is 0 Å². The summed E-state index contributed by atoms with van der Waals surface area (Å²) in [4.78, 5) is 22.0. The van der Waals surface area contributed by atoms with Gasteiger partial charge in [-0.05, 0) is 18.9 Å². The van der Waals surface area contributed by atoms with Crippen molar-refractivity contribution in [1.29, 1.82) is 0 Å². The molecular weight excluding hydrogens is 182 g/mol. The van der Waals surface area contributed by atoms with E-state index in [1.165, 1.54) is 6.92 Å². The predicted octanol–water partition coefficient (Wildman–Crippen LogP) is 1.61. The molecular formula is C10H13NO3. The van der Waals surface area contributed by atoms with E-state index in [1.54, 1.807) is 6.92 Å². The summed E-state index contributed by atoms with van der Waals surface area (Å²) in [5.74, 6) is -0.236. The number of nitrogens with zero attached hydrogens (tertiary/aromatic N) is 1. The number of aromatic nitrogens is 1. The fraction of sp³-hybridized carbons (Fsp3) is 0.400. The molecule has 1 N–H and O–H groups in total. The van der Waals surface area contributed by atoms with Crippen molar-refractivity contribution in [3.8, 4) is 0 Å². The molecule has 0 amide bonds. The highest BCUT2D eigenvalue weighted by atomic mass is 16.5. The SMILES string of the molecule is CCc1c(C=O)c(C)n(O)c1C(C)=O. The van der Waals surface area contributed by atoms with Crippen LogP contribution in [0.4, 0.5) is 0 Å². The molecule has 0 aliphatic rings. The van der Waals surface area contributed by atoms with Gasteiger partial charge in [-0.2, -0.15) is 4.73 Å². The van der Waals surface area contributed by atoms with Crippen LogP contribution in [0.15, 0.2) is 0 Å². The number of Topliss-reactive ketones (excluding diaryl/α,β-unsaturated/α-hetero) is 1. The van der Waals surface area contributed by atoms with E-state index in [9.17, 15) is 14.8 Å². The Morgan fingerprint density at radius 3 is 2.50 bits per heavy atom. The van der Waals surface area contributed by atoms with E-state index in [-0.39, 0.29) is 11.5 Å². The third-order valence-electron chi connectivity index (χ3n) is 2.34. The number of carbonyl (C=O) groups is 2. The molecule has 0 spiro atoms. The zero-order valence-electron chi connectivity index (χ0n) is 8.50. The predicted molar refractivity (Wildman–Crippen MR) is 51.1 cm³/mol. The monoisotopic (exact) mass is 195 g/mol. The molecule has 1 rings (SSSR count). The number of aldehydes is 1. The van der Waals surface area contributed by atoms with Crippen LogP contribution >= 0.6 is 0 Å². The van der Waals surface area contributed by atoms with Crippen molar-refractivity contribution < 1.29 is 14.8 Å². The molecule has 0 bridgehead atoms. The Bertz CT molecular complexity index is 391. The zero-order valence-corrected chi connectivity index (χ0v) is 8.50. The second-order valence-corrected chi connectivity index (χ2v) is 3.17. The quantitative estimate of drug-likeness (QED) is 0.453. The van der Waals surface area contributed by atoms with Crippen LogP contribution in [0.3, 0.4) is 0 Å². The van der Waals surface area contributed by atoms with Crippen LogP contribution in [0, 0.1) is 6.92 Å². The second kappa shape index (κ2) is 3.65. The van der Waals surface area contributed by atoms with Crippen molar-refractivity contribution in [3.05, 3.63) is 22.5 Å². The Morgan fingerprint density at radius 1 is 1.57 bits per heavy atom. The first-order valence-electron chi connectivity index (χ1n) is 4.44. The van der Waals surface area contributed by atoms with E-state index < -0.39 is 0 Å². The van der Waals surface area contributed by atoms with Crippen LogP contribution in [0.25, 0.3) is 0 Å². The summed E-state index contributed by atoms with van der Waals surface area (Å²) in [6.07, 6.45) is 1.23. The zero-order chi connectivity index (χ0) is 10.9. The molecule has 1 aromatic heterocycles. The maximum atomic E-state index is 11.2. The van der Waals surface area contributed by atoms with Gasteiger partial charge in [0.1, 0.15) is 5.69 Å². The van der Waals surface area contributed by atoms with Crippen LogP contribution in [-0.2, 0) is 6.42 Å². The summed E-state index contributed by atoms with van der Waals surface area (Å²) in [6, 6.07) is 0. The number of ketones is 1. The van der Waals surface area contributed by atoms with E-state index in [1.807, 2.05) is 6.92 Å². The first kappa shape index (κ1) is 10.5. The van der Waals surface area contributed by atoms with Gasteiger partial charge in [-0.15, -0.1) is 0 Å². The van der Waals surface area contributed by atoms with Gasteiger partial charge in [-0.1, -0.05) is 6.92 Å². The van der Waals surface area contributed by atoms with Crippen LogP contribution in [0.1, 0.15) is 46.0 Å². The number of hydrogen-bond donors (Lipinski definition) is 1. The Balaban J connectivity index is 3.56.